The second-order valence-electron chi connectivity index (χ2n) is 6.40. The minimum absolute atomic E-state index is 0.180. The molecule has 0 aromatic heterocycles. The van der Waals surface area contributed by atoms with Crippen LogP contribution in [0.2, 0.25) is 0 Å². The van der Waals surface area contributed by atoms with E-state index < -0.39 is 5.54 Å². The Labute approximate surface area is 119 Å². The van der Waals surface area contributed by atoms with Crippen LogP contribution in [0.4, 0.5) is 0 Å². The van der Waals surface area contributed by atoms with Gasteiger partial charge in [0.05, 0.1) is 11.8 Å². The molecule has 2 aliphatic rings. The van der Waals surface area contributed by atoms with E-state index in [1.807, 2.05) is 0 Å². The minimum atomic E-state index is -0.532. The van der Waals surface area contributed by atoms with Crippen LogP contribution in [0, 0.1) is 11.8 Å². The van der Waals surface area contributed by atoms with Crippen LogP contribution in [0.3, 0.4) is 0 Å². The molecule has 1 saturated carbocycles. The standard InChI is InChI=1S/C14H23N3O3/c1-14(2,8-15)16-11(18)7-17-12(19)9-5-3-4-6-10(9)13(17)20/h9-10H,3-8,15H2,1-2H3,(H,16,18). The molecule has 0 bridgehead atoms. The van der Waals surface area contributed by atoms with E-state index in [9.17, 15) is 14.4 Å². The lowest BCUT2D eigenvalue weighted by Crippen LogP contribution is -2.52. The first-order chi connectivity index (χ1) is 9.35. The molecule has 0 radical (unpaired) electrons. The molecule has 20 heavy (non-hydrogen) atoms. The summed E-state index contributed by atoms with van der Waals surface area (Å²) in [4.78, 5) is 37.5. The highest BCUT2D eigenvalue weighted by molar-refractivity contribution is 6.07. The Kier molecular flexibility index (Phi) is 4.13. The van der Waals surface area contributed by atoms with Gasteiger partial charge in [-0.05, 0) is 26.7 Å². The van der Waals surface area contributed by atoms with Gasteiger partial charge in [-0.2, -0.15) is 0 Å². The number of imide groups is 1. The van der Waals surface area contributed by atoms with Crippen LogP contribution < -0.4 is 11.1 Å². The van der Waals surface area contributed by atoms with Crippen LogP contribution in [0.25, 0.3) is 0 Å². The molecule has 3 amide bonds. The minimum Gasteiger partial charge on any atom is -0.348 e. The van der Waals surface area contributed by atoms with E-state index >= 15 is 0 Å². The third-order valence-electron chi connectivity index (χ3n) is 4.22. The Morgan fingerprint density at radius 3 is 2.20 bits per heavy atom. The summed E-state index contributed by atoms with van der Waals surface area (Å²) in [5, 5.41) is 2.75. The third-order valence-corrected chi connectivity index (χ3v) is 4.22. The van der Waals surface area contributed by atoms with Crippen molar-refractivity contribution in [2.45, 2.75) is 45.1 Å². The molecule has 1 aliphatic carbocycles. The number of amides is 3. The van der Waals surface area contributed by atoms with Gasteiger partial charge >= 0.3 is 0 Å². The molecule has 2 fully saturated rings. The molecule has 1 saturated heterocycles. The summed E-state index contributed by atoms with van der Waals surface area (Å²) in [5.74, 6) is -1.10. The third kappa shape index (κ3) is 2.85. The normalized spacial score (nSPS) is 26.6. The first kappa shape index (κ1) is 15.0. The summed E-state index contributed by atoms with van der Waals surface area (Å²) in [6, 6.07) is 0. The highest BCUT2D eigenvalue weighted by Crippen LogP contribution is 2.37. The summed E-state index contributed by atoms with van der Waals surface area (Å²) in [5.41, 5.74) is 5.02. The quantitative estimate of drug-likeness (QED) is 0.710. The van der Waals surface area contributed by atoms with Gasteiger partial charge in [0.2, 0.25) is 17.7 Å². The number of carbonyl (C=O) groups is 3. The van der Waals surface area contributed by atoms with E-state index in [1.54, 1.807) is 13.8 Å². The number of nitrogens with two attached hydrogens (primary N) is 1. The van der Waals surface area contributed by atoms with E-state index in [2.05, 4.69) is 5.32 Å². The highest BCUT2D eigenvalue weighted by Gasteiger charge is 2.48. The molecule has 1 heterocycles. The van der Waals surface area contributed by atoms with Crippen LogP contribution in [0.5, 0.6) is 0 Å². The Morgan fingerprint density at radius 2 is 1.75 bits per heavy atom. The maximum atomic E-state index is 12.2. The number of hydrogen-bond donors (Lipinski definition) is 2. The number of nitrogens with zero attached hydrogens (tertiary/aromatic N) is 1. The van der Waals surface area contributed by atoms with Crippen molar-refractivity contribution in [3.8, 4) is 0 Å². The molecular weight excluding hydrogens is 258 g/mol. The lowest BCUT2D eigenvalue weighted by Gasteiger charge is -2.25. The number of fused-ring (bicyclic) bond motifs is 1. The van der Waals surface area contributed by atoms with E-state index in [-0.39, 0.29) is 36.1 Å². The molecular formula is C14H23N3O3. The molecule has 112 valence electrons. The zero-order chi connectivity index (χ0) is 14.9. The Morgan fingerprint density at radius 1 is 1.25 bits per heavy atom. The van der Waals surface area contributed by atoms with Gasteiger partial charge in [0, 0.05) is 12.1 Å². The summed E-state index contributed by atoms with van der Waals surface area (Å²) >= 11 is 0. The number of rotatable bonds is 4. The van der Waals surface area contributed by atoms with Gasteiger partial charge < -0.3 is 11.1 Å². The van der Waals surface area contributed by atoms with Gasteiger partial charge in [0.1, 0.15) is 6.54 Å². The van der Waals surface area contributed by atoms with E-state index in [0.717, 1.165) is 30.6 Å². The smallest absolute Gasteiger partial charge is 0.240 e. The SMILES string of the molecule is CC(C)(CN)NC(=O)CN1C(=O)C2CCCCC2C1=O. The van der Waals surface area contributed by atoms with Crippen molar-refractivity contribution in [2.24, 2.45) is 17.6 Å². The fourth-order valence-electron chi connectivity index (χ4n) is 3.00. The van der Waals surface area contributed by atoms with E-state index in [0.29, 0.717) is 6.54 Å². The first-order valence-corrected chi connectivity index (χ1v) is 7.22. The summed E-state index contributed by atoms with van der Waals surface area (Å²) in [7, 11) is 0. The van der Waals surface area contributed by atoms with Crippen molar-refractivity contribution in [3.63, 3.8) is 0 Å². The molecule has 6 heteroatoms. The molecule has 0 aromatic carbocycles. The maximum Gasteiger partial charge on any atom is 0.240 e. The number of hydrogen-bond acceptors (Lipinski definition) is 4. The topological polar surface area (TPSA) is 92.5 Å². The van der Waals surface area contributed by atoms with Crippen LogP contribution >= 0.6 is 0 Å². The first-order valence-electron chi connectivity index (χ1n) is 7.22. The fraction of sp³-hybridized carbons (Fsp3) is 0.786. The van der Waals surface area contributed by atoms with Crippen molar-refractivity contribution in [1.29, 1.82) is 0 Å². The predicted molar refractivity (Wildman–Crippen MR) is 73.4 cm³/mol. The summed E-state index contributed by atoms with van der Waals surface area (Å²) in [6.07, 6.45) is 3.50. The van der Waals surface area contributed by atoms with E-state index in [4.69, 9.17) is 5.73 Å². The van der Waals surface area contributed by atoms with Gasteiger partial charge in [-0.25, -0.2) is 0 Å². The zero-order valence-electron chi connectivity index (χ0n) is 12.1. The van der Waals surface area contributed by atoms with Crippen LogP contribution in [0.1, 0.15) is 39.5 Å². The molecule has 0 aromatic rings. The monoisotopic (exact) mass is 281 g/mol. The fourth-order valence-corrected chi connectivity index (χ4v) is 3.00. The molecule has 2 rings (SSSR count). The van der Waals surface area contributed by atoms with Crippen LogP contribution in [0.15, 0.2) is 0 Å². The molecule has 0 spiro atoms. The number of carbonyl (C=O) groups excluding carboxylic acids is 3. The van der Waals surface area contributed by atoms with Crippen molar-refractivity contribution in [3.05, 3.63) is 0 Å². The zero-order valence-corrected chi connectivity index (χ0v) is 12.1. The number of likely N-dealkylation sites (tertiary alicyclic amines) is 1. The average Bonchev–Trinajstić information content (AvgIpc) is 2.64. The van der Waals surface area contributed by atoms with Crippen molar-refractivity contribution in [1.82, 2.24) is 10.2 Å². The molecule has 1 aliphatic heterocycles. The molecule has 3 N–H and O–H groups in total. The van der Waals surface area contributed by atoms with Crippen molar-refractivity contribution >= 4 is 17.7 Å². The molecule has 6 nitrogen and oxygen atoms in total. The Balaban J connectivity index is 2.01. The average molecular weight is 281 g/mol. The molecule has 2 unspecified atom stereocenters. The number of nitrogens with one attached hydrogen (secondary N) is 1. The van der Waals surface area contributed by atoms with Gasteiger partial charge in [-0.15, -0.1) is 0 Å². The van der Waals surface area contributed by atoms with Gasteiger partial charge in [0.15, 0.2) is 0 Å². The van der Waals surface area contributed by atoms with E-state index in [1.165, 1.54) is 0 Å². The Hall–Kier alpha value is -1.43. The van der Waals surface area contributed by atoms with Crippen LogP contribution in [-0.4, -0.2) is 41.2 Å². The largest absolute Gasteiger partial charge is 0.348 e. The second kappa shape index (κ2) is 5.52. The second-order valence-corrected chi connectivity index (χ2v) is 6.40. The lowest BCUT2D eigenvalue weighted by atomic mass is 9.81. The maximum absolute atomic E-state index is 12.2. The molecule has 2 atom stereocenters. The van der Waals surface area contributed by atoms with Gasteiger partial charge in [0.25, 0.3) is 0 Å². The lowest BCUT2D eigenvalue weighted by molar-refractivity contribution is -0.144. The Bertz CT molecular complexity index is 409. The van der Waals surface area contributed by atoms with Gasteiger partial charge in [-0.3, -0.25) is 19.3 Å². The van der Waals surface area contributed by atoms with Crippen LogP contribution in [-0.2, 0) is 14.4 Å². The summed E-state index contributed by atoms with van der Waals surface area (Å²) < 4.78 is 0. The summed E-state index contributed by atoms with van der Waals surface area (Å²) in [6.45, 7) is 3.72. The van der Waals surface area contributed by atoms with Crippen molar-refractivity contribution in [2.75, 3.05) is 13.1 Å². The van der Waals surface area contributed by atoms with Crippen molar-refractivity contribution < 1.29 is 14.4 Å². The van der Waals surface area contributed by atoms with Gasteiger partial charge in [-0.1, -0.05) is 12.8 Å². The highest BCUT2D eigenvalue weighted by atomic mass is 16.2. The predicted octanol–water partition coefficient (Wildman–Crippen LogP) is 0.0151.